The zero-order valence-corrected chi connectivity index (χ0v) is 22.3. The number of aryl methyl sites for hydroxylation is 5. The second-order valence-electron chi connectivity index (χ2n) is 7.52. The first-order valence-corrected chi connectivity index (χ1v) is 11.4. The third-order valence-electron chi connectivity index (χ3n) is 4.07. The van der Waals surface area contributed by atoms with Gasteiger partial charge in [0.05, 0.1) is 31.3 Å². The quantitative estimate of drug-likeness (QED) is 0.300. The molecule has 37 heavy (non-hydrogen) atoms. The lowest BCUT2D eigenvalue weighted by molar-refractivity contribution is 0.0503. The van der Waals surface area contributed by atoms with E-state index in [4.69, 9.17) is 13.6 Å². The Kier molecular flexibility index (Phi) is 16.8. The van der Waals surface area contributed by atoms with Crippen LogP contribution < -0.4 is 0 Å². The van der Waals surface area contributed by atoms with Crippen LogP contribution in [0.3, 0.4) is 0 Å². The van der Waals surface area contributed by atoms with E-state index >= 15 is 0 Å². The predicted molar refractivity (Wildman–Crippen MR) is 136 cm³/mol. The van der Waals surface area contributed by atoms with Gasteiger partial charge in [-0.2, -0.15) is 10.2 Å². The van der Waals surface area contributed by atoms with E-state index in [-0.39, 0.29) is 0 Å². The zero-order valence-electron chi connectivity index (χ0n) is 22.3. The summed E-state index contributed by atoms with van der Waals surface area (Å²) in [6, 6.07) is 1.89. The van der Waals surface area contributed by atoms with Crippen LogP contribution in [0.2, 0.25) is 0 Å². The van der Waals surface area contributed by atoms with Crippen molar-refractivity contribution in [3.63, 3.8) is 0 Å². The van der Waals surface area contributed by atoms with Crippen LogP contribution in [0, 0.1) is 20.8 Å². The van der Waals surface area contributed by atoms with E-state index in [1.807, 2.05) is 47.1 Å². The predicted octanol–water partition coefficient (Wildman–Crippen LogP) is 3.13. The largest absolute Gasteiger partial charge is 0.452 e. The van der Waals surface area contributed by atoms with Crippen LogP contribution in [0.15, 0.2) is 82.2 Å². The summed E-state index contributed by atoms with van der Waals surface area (Å²) < 4.78 is 22.5. The molecule has 0 N–H and O–H groups in total. The van der Waals surface area contributed by atoms with Gasteiger partial charge in [0.15, 0.2) is 19.2 Å². The molecule has 0 atom stereocenters. The Balaban J connectivity index is 0.000000222. The molecule has 0 amide bonds. The molecule has 0 bridgehead atoms. The Morgan fingerprint density at radius 3 is 1.59 bits per heavy atom. The average molecular weight is 516 g/mol. The average Bonchev–Trinajstić information content (AvgIpc) is 3.71. The van der Waals surface area contributed by atoms with Crippen molar-refractivity contribution in [1.29, 1.82) is 0 Å². The van der Waals surface area contributed by atoms with Crippen molar-refractivity contribution in [2.24, 2.45) is 14.1 Å². The maximum absolute atomic E-state index is 5.10. The molecule has 5 aromatic rings. The summed E-state index contributed by atoms with van der Waals surface area (Å²) in [5.41, 5.74) is 0.926. The summed E-state index contributed by atoms with van der Waals surface area (Å²) in [7, 11) is 5.83. The fourth-order valence-corrected chi connectivity index (χ4v) is 2.10. The maximum atomic E-state index is 5.10. The molecule has 5 aromatic heterocycles. The molecular weight excluding hydrogens is 478 g/mol. The van der Waals surface area contributed by atoms with E-state index < -0.39 is 0 Å². The monoisotopic (exact) mass is 515 g/mol. The van der Waals surface area contributed by atoms with Gasteiger partial charge in [-0.15, -0.1) is 0 Å². The van der Waals surface area contributed by atoms with Crippen molar-refractivity contribution in [1.82, 2.24) is 44.4 Å². The molecule has 1 aliphatic heterocycles. The fraction of sp³-hybridized carbons (Fsp3) is 0.417. The minimum atomic E-state index is 0.856. The summed E-state index contributed by atoms with van der Waals surface area (Å²) in [5.74, 6) is 1.71. The van der Waals surface area contributed by atoms with Crippen LogP contribution in [0.4, 0.5) is 0 Å². The van der Waals surface area contributed by atoms with E-state index in [0.29, 0.717) is 0 Å². The summed E-state index contributed by atoms with van der Waals surface area (Å²) in [5, 5.41) is 7.56. The lowest BCUT2D eigenvalue weighted by atomic mass is 10.5. The van der Waals surface area contributed by atoms with Gasteiger partial charge in [-0.1, -0.05) is 0 Å². The van der Waals surface area contributed by atoms with Crippen molar-refractivity contribution < 1.29 is 18.0 Å². The lowest BCUT2D eigenvalue weighted by Crippen LogP contribution is -2.32. The zero-order chi connectivity index (χ0) is 27.1. The fourth-order valence-electron chi connectivity index (χ4n) is 2.10. The lowest BCUT2D eigenvalue weighted by Gasteiger charge is -2.21. The molecule has 202 valence electrons. The van der Waals surface area contributed by atoms with Crippen LogP contribution in [0.1, 0.15) is 17.2 Å². The molecule has 0 aromatic carbocycles. The van der Waals surface area contributed by atoms with Crippen molar-refractivity contribution in [3.8, 4) is 0 Å². The van der Waals surface area contributed by atoms with Gasteiger partial charge in [0.25, 0.3) is 0 Å². The minimum Gasteiger partial charge on any atom is -0.452 e. The molecule has 1 saturated heterocycles. The van der Waals surface area contributed by atoms with E-state index in [1.54, 1.807) is 40.5 Å². The first-order valence-electron chi connectivity index (χ1n) is 11.4. The van der Waals surface area contributed by atoms with Gasteiger partial charge in [-0.25, -0.2) is 19.9 Å². The number of rotatable bonds is 0. The standard InChI is InChI=1S/C5H11NO.C4H6N2.3C4H5NO.C3H5N3/c1-6-2-4-7-5-3-6;1-6-4-2-3-5-6;1-4-2-6-3-5-4;2*1-4-2-5-3-6-4;1-6-3-4-2-5-6/h2-5H2,1H3;2-4H,1H3;4*2-3H,1H3. The van der Waals surface area contributed by atoms with Gasteiger partial charge in [0.1, 0.15) is 30.4 Å². The molecule has 13 heteroatoms. The van der Waals surface area contributed by atoms with E-state index in [2.05, 4.69) is 46.5 Å². The minimum absolute atomic E-state index is 0.856. The van der Waals surface area contributed by atoms with E-state index in [0.717, 1.165) is 43.5 Å². The number of hydrogen-bond acceptors (Lipinski definition) is 11. The van der Waals surface area contributed by atoms with Crippen LogP contribution in [0.25, 0.3) is 0 Å². The van der Waals surface area contributed by atoms with Crippen LogP contribution in [-0.2, 0) is 18.8 Å². The highest BCUT2D eigenvalue weighted by Crippen LogP contribution is 1.90. The Morgan fingerprint density at radius 1 is 0.784 bits per heavy atom. The summed E-state index contributed by atoms with van der Waals surface area (Å²) >= 11 is 0. The SMILES string of the molecule is CN1CCOCC1.Cc1cnco1.Cc1cnco1.Cc1cocn1.Cn1cccn1.Cn1cncn1. The highest BCUT2D eigenvalue weighted by molar-refractivity contribution is 4.83. The molecular formula is C24H37N9O4. The van der Waals surface area contributed by atoms with E-state index in [9.17, 15) is 0 Å². The van der Waals surface area contributed by atoms with Crippen molar-refractivity contribution in [2.45, 2.75) is 20.8 Å². The molecule has 0 radical (unpaired) electrons. The van der Waals surface area contributed by atoms with Gasteiger partial charge in [-0.3, -0.25) is 9.36 Å². The molecule has 13 nitrogen and oxygen atoms in total. The van der Waals surface area contributed by atoms with Gasteiger partial charge in [0.2, 0.25) is 0 Å². The Labute approximate surface area is 217 Å². The normalized spacial score (nSPS) is 11.9. The second-order valence-corrected chi connectivity index (χ2v) is 7.52. The number of morpholine rings is 1. The molecule has 0 spiro atoms. The first kappa shape index (κ1) is 30.9. The summed E-state index contributed by atoms with van der Waals surface area (Å²) in [6.07, 6.45) is 15.9. The summed E-state index contributed by atoms with van der Waals surface area (Å²) in [6.45, 7) is 9.61. The summed E-state index contributed by atoms with van der Waals surface area (Å²) in [4.78, 5) is 17.0. The smallest absolute Gasteiger partial charge is 0.180 e. The number of likely N-dealkylation sites (N-methyl/N-ethyl adjacent to an activating group) is 1. The van der Waals surface area contributed by atoms with Gasteiger partial charge >= 0.3 is 0 Å². The highest BCUT2D eigenvalue weighted by atomic mass is 16.5. The topological polar surface area (TPSA) is 139 Å². The molecule has 0 saturated carbocycles. The first-order chi connectivity index (χ1) is 17.9. The van der Waals surface area contributed by atoms with Gasteiger partial charge in [0, 0.05) is 39.6 Å². The Morgan fingerprint density at radius 2 is 1.43 bits per heavy atom. The Hall–Kier alpha value is -4.10. The van der Waals surface area contributed by atoms with Crippen LogP contribution in [0.5, 0.6) is 0 Å². The molecule has 1 aliphatic rings. The van der Waals surface area contributed by atoms with Crippen molar-refractivity contribution in [2.75, 3.05) is 33.4 Å². The van der Waals surface area contributed by atoms with Gasteiger partial charge < -0.3 is 22.9 Å². The number of oxazole rings is 3. The highest BCUT2D eigenvalue weighted by Gasteiger charge is 2.02. The van der Waals surface area contributed by atoms with Crippen LogP contribution in [-0.4, -0.2) is 77.7 Å². The van der Waals surface area contributed by atoms with Crippen molar-refractivity contribution in [3.05, 3.63) is 86.2 Å². The third-order valence-corrected chi connectivity index (χ3v) is 4.07. The number of aromatic nitrogens is 8. The molecule has 6 rings (SSSR count). The number of hydrogen-bond donors (Lipinski definition) is 0. The molecule has 6 heterocycles. The number of ether oxygens (including phenoxy) is 1. The van der Waals surface area contributed by atoms with E-state index in [1.165, 1.54) is 25.5 Å². The molecule has 0 aliphatic carbocycles. The number of nitrogens with zero attached hydrogens (tertiary/aromatic N) is 9. The third kappa shape index (κ3) is 18.8. The van der Waals surface area contributed by atoms with Gasteiger partial charge in [-0.05, 0) is 33.9 Å². The molecule has 0 unspecified atom stereocenters. The molecule has 1 fully saturated rings. The second kappa shape index (κ2) is 20.1. The van der Waals surface area contributed by atoms with Crippen LogP contribution >= 0.6 is 0 Å². The van der Waals surface area contributed by atoms with Crippen molar-refractivity contribution >= 4 is 0 Å². The maximum Gasteiger partial charge on any atom is 0.180 e. The Bertz CT molecular complexity index is 871.